The monoisotopic (exact) mass is 505 g/mol. The van der Waals surface area contributed by atoms with E-state index in [1.807, 2.05) is 22.9 Å². The van der Waals surface area contributed by atoms with Gasteiger partial charge in [-0.1, -0.05) is 20.8 Å². The van der Waals surface area contributed by atoms with E-state index in [0.717, 1.165) is 66.2 Å². The number of nitrogens with zero attached hydrogens (tertiary/aromatic N) is 4. The van der Waals surface area contributed by atoms with Crippen molar-refractivity contribution in [3.05, 3.63) is 40.4 Å². The summed E-state index contributed by atoms with van der Waals surface area (Å²) in [4.78, 5) is 13.6. The number of hydrogen-bond acceptors (Lipinski definition) is 8. The van der Waals surface area contributed by atoms with Crippen LogP contribution in [0.2, 0.25) is 0 Å². The van der Waals surface area contributed by atoms with Crippen molar-refractivity contribution in [2.75, 3.05) is 37.8 Å². The lowest BCUT2D eigenvalue weighted by atomic mass is 9.99. The third-order valence-corrected chi connectivity index (χ3v) is 5.59. The van der Waals surface area contributed by atoms with Gasteiger partial charge < -0.3 is 15.0 Å². The molecule has 1 aliphatic heterocycles. The Balaban J connectivity index is 0.000000623. The molecular formula is C23H31N5O6S. The molecule has 0 bridgehead atoms. The highest BCUT2D eigenvalue weighted by molar-refractivity contribution is 7.85. The first-order valence-corrected chi connectivity index (χ1v) is 13.3. The molecule has 2 N–H and O–H groups in total. The topological polar surface area (TPSA) is 140 Å². The Morgan fingerprint density at radius 1 is 1.20 bits per heavy atom. The highest BCUT2D eigenvalue weighted by atomic mass is 32.2. The molecule has 35 heavy (non-hydrogen) atoms. The van der Waals surface area contributed by atoms with Crippen LogP contribution in [0.25, 0.3) is 22.2 Å². The van der Waals surface area contributed by atoms with Crippen LogP contribution in [0.5, 0.6) is 5.75 Å². The normalized spacial score (nSPS) is 12.1. The maximum Gasteiger partial charge on any atom is 0.293 e. The number of nitrogens with one attached hydrogen (secondary N) is 1. The Morgan fingerprint density at radius 3 is 2.49 bits per heavy atom. The van der Waals surface area contributed by atoms with Crippen LogP contribution < -0.4 is 10.1 Å². The Kier molecular flexibility index (Phi) is 8.30. The summed E-state index contributed by atoms with van der Waals surface area (Å²) in [6.45, 7) is 10.5. The predicted molar refractivity (Wildman–Crippen MR) is 136 cm³/mol. The zero-order chi connectivity index (χ0) is 25.8. The van der Waals surface area contributed by atoms with E-state index in [1.54, 1.807) is 12.1 Å². The molecule has 190 valence electrons. The Morgan fingerprint density at radius 2 is 1.89 bits per heavy atom. The van der Waals surface area contributed by atoms with Crippen molar-refractivity contribution in [2.24, 2.45) is 0 Å². The van der Waals surface area contributed by atoms with Gasteiger partial charge in [0.05, 0.1) is 35.2 Å². The van der Waals surface area contributed by atoms with Gasteiger partial charge in [-0.3, -0.25) is 19.3 Å². The van der Waals surface area contributed by atoms with Gasteiger partial charge in [0.1, 0.15) is 17.1 Å². The van der Waals surface area contributed by atoms with E-state index in [1.165, 1.54) is 0 Å². The Bertz CT molecular complexity index is 1310. The van der Waals surface area contributed by atoms with Gasteiger partial charge in [0.15, 0.2) is 0 Å². The van der Waals surface area contributed by atoms with Crippen LogP contribution in [0.4, 0.5) is 17.1 Å². The molecule has 0 saturated carbocycles. The van der Waals surface area contributed by atoms with Crippen LogP contribution in [-0.4, -0.2) is 65.1 Å². The number of anilines is 2. The van der Waals surface area contributed by atoms with Crippen molar-refractivity contribution in [1.29, 1.82) is 0 Å². The Labute approximate surface area is 204 Å². The molecule has 12 heteroatoms. The number of hydrogen-bond donors (Lipinski definition) is 2. The molecule has 4 rings (SSSR count). The molecule has 0 atom stereocenters. The van der Waals surface area contributed by atoms with Crippen molar-refractivity contribution in [3.63, 3.8) is 0 Å². The third-order valence-electron chi connectivity index (χ3n) is 5.59. The van der Waals surface area contributed by atoms with Gasteiger partial charge in [0.25, 0.3) is 15.8 Å². The van der Waals surface area contributed by atoms with Crippen molar-refractivity contribution in [2.45, 2.75) is 33.7 Å². The van der Waals surface area contributed by atoms with Gasteiger partial charge in [-0.25, -0.2) is 0 Å². The smallest absolute Gasteiger partial charge is 0.293 e. The largest absolute Gasteiger partial charge is 0.494 e. The maximum atomic E-state index is 11.7. The number of fused-ring (bicyclic) bond motifs is 2. The number of nitro groups is 1. The third kappa shape index (κ3) is 6.27. The van der Waals surface area contributed by atoms with E-state index in [9.17, 15) is 18.5 Å². The van der Waals surface area contributed by atoms with Crippen LogP contribution in [0.1, 0.15) is 27.2 Å². The van der Waals surface area contributed by atoms with Crippen molar-refractivity contribution in [1.82, 2.24) is 14.7 Å². The van der Waals surface area contributed by atoms with Gasteiger partial charge >= 0.3 is 0 Å². The second-order valence-electron chi connectivity index (χ2n) is 8.12. The van der Waals surface area contributed by atoms with Gasteiger partial charge in [0.2, 0.25) is 0 Å². The summed E-state index contributed by atoms with van der Waals surface area (Å²) in [5.41, 5.74) is 3.94. The van der Waals surface area contributed by atoms with E-state index < -0.39 is 10.1 Å². The SMILES string of the molecule is CCCOc1ccc2c(c1)-c1nn(CCN(CC)CC)c3ccc([N+](=O)[O-])c(c13)N2.CS(=O)(=O)O. The van der Waals surface area contributed by atoms with E-state index in [4.69, 9.17) is 14.4 Å². The summed E-state index contributed by atoms with van der Waals surface area (Å²) < 4.78 is 33.6. The highest BCUT2D eigenvalue weighted by Crippen LogP contribution is 2.47. The van der Waals surface area contributed by atoms with Crippen LogP contribution in [0.15, 0.2) is 30.3 Å². The molecule has 0 spiro atoms. The minimum atomic E-state index is -3.67. The summed E-state index contributed by atoms with van der Waals surface area (Å²) in [5.74, 6) is 0.775. The zero-order valence-electron chi connectivity index (χ0n) is 20.3. The van der Waals surface area contributed by atoms with Crippen LogP contribution in [-0.2, 0) is 16.7 Å². The first-order valence-electron chi connectivity index (χ1n) is 11.4. The van der Waals surface area contributed by atoms with Gasteiger partial charge in [0, 0.05) is 23.9 Å². The first-order chi connectivity index (χ1) is 16.6. The number of benzene rings is 2. The fourth-order valence-corrected chi connectivity index (χ4v) is 3.95. The average Bonchev–Trinajstić information content (AvgIpc) is 3.17. The molecule has 0 amide bonds. The summed E-state index contributed by atoms with van der Waals surface area (Å²) >= 11 is 0. The molecular weight excluding hydrogens is 474 g/mol. The first kappa shape index (κ1) is 26.4. The highest BCUT2D eigenvalue weighted by Gasteiger charge is 2.29. The lowest BCUT2D eigenvalue weighted by Crippen LogP contribution is -2.27. The van der Waals surface area contributed by atoms with Crippen molar-refractivity contribution >= 4 is 38.1 Å². The fourth-order valence-electron chi connectivity index (χ4n) is 3.95. The lowest BCUT2D eigenvalue weighted by Gasteiger charge is -2.19. The van der Waals surface area contributed by atoms with Gasteiger partial charge in [-0.15, -0.1) is 0 Å². The number of likely N-dealkylation sites (N-methyl/N-ethyl adjacent to an activating group) is 1. The minimum Gasteiger partial charge on any atom is -0.494 e. The molecule has 0 radical (unpaired) electrons. The van der Waals surface area contributed by atoms with Crippen molar-refractivity contribution in [3.8, 4) is 17.0 Å². The van der Waals surface area contributed by atoms with E-state index in [-0.39, 0.29) is 10.6 Å². The van der Waals surface area contributed by atoms with Gasteiger partial charge in [-0.05, 0) is 43.8 Å². The molecule has 3 aromatic rings. The van der Waals surface area contributed by atoms with Crippen LogP contribution in [0.3, 0.4) is 0 Å². The minimum absolute atomic E-state index is 0.0593. The standard InChI is InChI=1S/C22H27N5O3.CH4O3S/c1-4-13-30-15-7-8-17-16(14-15)21-20-18(9-10-19(27(28)29)22(20)23-17)26(24-21)12-11-25(5-2)6-3;1-5(2,3)4/h7-10,14,23H,4-6,11-13H2,1-3H3;1H3,(H,2,3,4). The number of rotatable bonds is 9. The van der Waals surface area contributed by atoms with Gasteiger partial charge in [-0.2, -0.15) is 13.5 Å². The average molecular weight is 506 g/mol. The molecule has 0 unspecified atom stereocenters. The Hall–Kier alpha value is -3.22. The summed E-state index contributed by atoms with van der Waals surface area (Å²) in [6, 6.07) is 9.13. The van der Waals surface area contributed by atoms with E-state index >= 15 is 0 Å². The number of nitro benzene ring substituents is 1. The molecule has 0 fully saturated rings. The molecule has 11 nitrogen and oxygen atoms in total. The second kappa shape index (κ2) is 11.0. The van der Waals surface area contributed by atoms with Crippen LogP contribution >= 0.6 is 0 Å². The number of aromatic nitrogens is 2. The van der Waals surface area contributed by atoms with E-state index in [2.05, 4.69) is 31.0 Å². The molecule has 2 aromatic carbocycles. The fraction of sp³-hybridized carbons (Fsp3) is 0.435. The molecule has 2 heterocycles. The molecule has 0 saturated heterocycles. The molecule has 1 aromatic heterocycles. The molecule has 1 aliphatic rings. The summed E-state index contributed by atoms with van der Waals surface area (Å²) in [7, 11) is -3.67. The zero-order valence-corrected chi connectivity index (χ0v) is 21.1. The maximum absolute atomic E-state index is 11.7. The molecule has 0 aliphatic carbocycles. The second-order valence-corrected chi connectivity index (χ2v) is 9.59. The lowest BCUT2D eigenvalue weighted by molar-refractivity contribution is -0.383. The summed E-state index contributed by atoms with van der Waals surface area (Å²) in [5, 5.41) is 20.6. The summed E-state index contributed by atoms with van der Waals surface area (Å²) in [6.07, 6.45) is 1.64. The van der Waals surface area contributed by atoms with Crippen molar-refractivity contribution < 1.29 is 22.6 Å². The predicted octanol–water partition coefficient (Wildman–Crippen LogP) is 4.30. The van der Waals surface area contributed by atoms with Crippen LogP contribution in [0, 0.1) is 10.1 Å². The quantitative estimate of drug-likeness (QED) is 0.193. The van der Waals surface area contributed by atoms with E-state index in [0.29, 0.717) is 18.6 Å². The number of ether oxygens (including phenoxy) is 1.